The van der Waals surface area contributed by atoms with Gasteiger partial charge in [0.15, 0.2) is 0 Å². The van der Waals surface area contributed by atoms with Gasteiger partial charge in [0, 0.05) is 36.0 Å². The van der Waals surface area contributed by atoms with E-state index in [0.29, 0.717) is 34.7 Å². The van der Waals surface area contributed by atoms with Crippen molar-refractivity contribution in [1.82, 2.24) is 14.8 Å². The molecule has 2 bridgehead atoms. The monoisotopic (exact) mass is 514 g/mol. The highest BCUT2D eigenvalue weighted by Crippen LogP contribution is 2.49. The zero-order valence-corrected chi connectivity index (χ0v) is 21.2. The van der Waals surface area contributed by atoms with E-state index in [0.717, 1.165) is 52.6 Å². The highest BCUT2D eigenvalue weighted by atomic mass is 35.5. The molecule has 188 valence electrons. The average molecular weight is 515 g/mol. The summed E-state index contributed by atoms with van der Waals surface area (Å²) in [6.07, 6.45) is 12.0. The number of hydrogen-bond acceptors (Lipinski definition) is 4. The molecule has 2 heterocycles. The van der Waals surface area contributed by atoms with Crippen molar-refractivity contribution >= 4 is 56.9 Å². The normalized spacial score (nSPS) is 20.9. The molecule has 2 aliphatic rings. The number of aryl methyl sites for hydroxylation is 1. The van der Waals surface area contributed by atoms with Crippen LogP contribution >= 0.6 is 11.6 Å². The summed E-state index contributed by atoms with van der Waals surface area (Å²) in [5.74, 6) is 0.114. The van der Waals surface area contributed by atoms with Crippen molar-refractivity contribution in [2.24, 2.45) is 24.8 Å². The maximum atomic E-state index is 14.1. The molecule has 2 aromatic heterocycles. The Morgan fingerprint density at radius 2 is 2.03 bits per heavy atom. The number of pyridine rings is 1. The van der Waals surface area contributed by atoms with Crippen LogP contribution in [0.2, 0.25) is 5.02 Å². The Labute approximate surface area is 219 Å². The van der Waals surface area contributed by atoms with Crippen molar-refractivity contribution in [2.45, 2.75) is 32.2 Å². The third-order valence-corrected chi connectivity index (χ3v) is 8.38. The van der Waals surface area contributed by atoms with E-state index < -0.39 is 5.97 Å². The molecule has 8 heteroatoms. The maximum absolute atomic E-state index is 14.1. The number of carbonyl (C=O) groups excluding carboxylic acids is 1. The van der Waals surface area contributed by atoms with Gasteiger partial charge in [0.25, 0.3) is 0 Å². The van der Waals surface area contributed by atoms with Gasteiger partial charge < -0.3 is 10.0 Å². The van der Waals surface area contributed by atoms with Crippen LogP contribution in [0.5, 0.6) is 0 Å². The summed E-state index contributed by atoms with van der Waals surface area (Å²) in [5, 5.41) is 16.9. The Morgan fingerprint density at radius 3 is 2.78 bits per heavy atom. The number of anilines is 1. The molecule has 7 nitrogen and oxygen atoms in total. The summed E-state index contributed by atoms with van der Waals surface area (Å²) < 4.78 is 1.77. The summed E-state index contributed by atoms with van der Waals surface area (Å²) in [6, 6.07) is 9.93. The van der Waals surface area contributed by atoms with Crippen molar-refractivity contribution in [3.05, 3.63) is 71.1 Å². The largest absolute Gasteiger partial charge is 0.478 e. The summed E-state index contributed by atoms with van der Waals surface area (Å²) in [4.78, 5) is 31.3. The Kier molecular flexibility index (Phi) is 5.95. The van der Waals surface area contributed by atoms with Crippen molar-refractivity contribution in [2.75, 3.05) is 4.90 Å². The first-order valence-corrected chi connectivity index (χ1v) is 13.0. The van der Waals surface area contributed by atoms with Gasteiger partial charge in [0.1, 0.15) is 0 Å². The predicted octanol–water partition coefficient (Wildman–Crippen LogP) is 5.84. The molecule has 6 rings (SSSR count). The molecule has 0 aliphatic heterocycles. The third kappa shape index (κ3) is 4.27. The second-order valence-electron chi connectivity index (χ2n) is 10.3. The van der Waals surface area contributed by atoms with Gasteiger partial charge in [-0.15, -0.1) is 0 Å². The number of halogens is 1. The molecule has 2 aliphatic carbocycles. The number of nitrogens with zero attached hydrogens (tertiary/aromatic N) is 4. The molecule has 3 atom stereocenters. The molecule has 1 unspecified atom stereocenters. The molecule has 37 heavy (non-hydrogen) atoms. The minimum atomic E-state index is -1.04. The standard InChI is InChI=1S/C29H27ClN4O3/c1-33-28-22(14-32-33)12-20-3-2-4-21(26(20)27(28)30)16-34(29(37)24-11-17-5-7-19(24)9-17)23-10-18(13-31-15-23)6-8-25(35)36/h2-4,6,8,10,12-15,17,19,24H,5,7,9,11,16H2,1H3,(H,35,36)/b8-6+/t17-,19+,24?/m0/s1. The second-order valence-corrected chi connectivity index (χ2v) is 10.6. The highest BCUT2D eigenvalue weighted by Gasteiger charge is 2.44. The van der Waals surface area contributed by atoms with Crippen LogP contribution in [-0.4, -0.2) is 31.7 Å². The molecule has 2 aromatic carbocycles. The number of rotatable bonds is 6. The lowest BCUT2D eigenvalue weighted by Gasteiger charge is -2.30. The molecule has 1 amide bonds. The minimum Gasteiger partial charge on any atom is -0.478 e. The van der Waals surface area contributed by atoms with Crippen LogP contribution in [0.15, 0.2) is 55.0 Å². The molecule has 0 spiro atoms. The Balaban J connectivity index is 1.45. The molecular formula is C29H27ClN4O3. The van der Waals surface area contributed by atoms with Gasteiger partial charge >= 0.3 is 5.97 Å². The first-order valence-electron chi connectivity index (χ1n) is 12.6. The lowest BCUT2D eigenvalue weighted by atomic mass is 9.87. The van der Waals surface area contributed by atoms with Crippen molar-refractivity contribution in [3.8, 4) is 0 Å². The van der Waals surface area contributed by atoms with Gasteiger partial charge in [-0.3, -0.25) is 14.5 Å². The van der Waals surface area contributed by atoms with Crippen molar-refractivity contribution in [1.29, 1.82) is 0 Å². The smallest absolute Gasteiger partial charge is 0.328 e. The molecule has 2 saturated carbocycles. The predicted molar refractivity (Wildman–Crippen MR) is 144 cm³/mol. The van der Waals surface area contributed by atoms with Gasteiger partial charge in [-0.25, -0.2) is 4.79 Å². The number of carbonyl (C=O) groups is 2. The fourth-order valence-corrected chi connectivity index (χ4v) is 6.78. The minimum absolute atomic E-state index is 0.00815. The SMILES string of the molecule is Cn1ncc2cc3cccc(CN(C(=O)C4C[C@H]5CC[C@@H]4C5)c4cncc(/C=C/C(=O)O)c4)c3c(Cl)c21. The van der Waals surface area contributed by atoms with E-state index in [1.54, 1.807) is 23.3 Å². The van der Waals surface area contributed by atoms with Crippen LogP contribution in [0.1, 0.15) is 36.8 Å². The lowest BCUT2D eigenvalue weighted by Crippen LogP contribution is -2.38. The van der Waals surface area contributed by atoms with Crippen molar-refractivity contribution < 1.29 is 14.7 Å². The molecule has 0 saturated heterocycles. The number of aromatic nitrogens is 3. The van der Waals surface area contributed by atoms with E-state index in [-0.39, 0.29) is 11.8 Å². The maximum Gasteiger partial charge on any atom is 0.328 e. The van der Waals surface area contributed by atoms with Crippen LogP contribution in [0, 0.1) is 17.8 Å². The number of carboxylic acids is 1. The zero-order chi connectivity index (χ0) is 25.7. The van der Waals surface area contributed by atoms with E-state index in [2.05, 4.69) is 16.1 Å². The van der Waals surface area contributed by atoms with Crippen molar-refractivity contribution in [3.63, 3.8) is 0 Å². The number of benzene rings is 2. The van der Waals surface area contributed by atoms with Crippen LogP contribution in [0.3, 0.4) is 0 Å². The summed E-state index contributed by atoms with van der Waals surface area (Å²) in [6.45, 7) is 0.334. The van der Waals surface area contributed by atoms with Gasteiger partial charge in [-0.05, 0) is 65.8 Å². The topological polar surface area (TPSA) is 88.3 Å². The quantitative estimate of drug-likeness (QED) is 0.326. The van der Waals surface area contributed by atoms with Crippen LogP contribution in [0.25, 0.3) is 27.8 Å². The molecule has 4 aromatic rings. The van der Waals surface area contributed by atoms with E-state index in [9.17, 15) is 9.59 Å². The molecule has 0 radical (unpaired) electrons. The van der Waals surface area contributed by atoms with Gasteiger partial charge in [0.2, 0.25) is 5.91 Å². The first-order chi connectivity index (χ1) is 17.9. The number of fused-ring (bicyclic) bond motifs is 4. The lowest BCUT2D eigenvalue weighted by molar-refractivity contribution is -0.131. The van der Waals surface area contributed by atoms with E-state index in [4.69, 9.17) is 16.7 Å². The van der Waals surface area contributed by atoms with E-state index >= 15 is 0 Å². The summed E-state index contributed by atoms with van der Waals surface area (Å²) >= 11 is 6.97. The zero-order valence-electron chi connectivity index (χ0n) is 20.5. The van der Waals surface area contributed by atoms with E-state index in [1.807, 2.05) is 36.2 Å². The second kappa shape index (κ2) is 9.30. The molecular weight excluding hydrogens is 488 g/mol. The third-order valence-electron chi connectivity index (χ3n) is 8.01. The first kappa shape index (κ1) is 23.7. The molecule has 2 fully saturated rings. The Hall–Kier alpha value is -3.71. The Bertz CT molecular complexity index is 1580. The average Bonchev–Trinajstić information content (AvgIpc) is 3.62. The van der Waals surface area contributed by atoms with E-state index in [1.165, 1.54) is 12.5 Å². The fourth-order valence-electron chi connectivity index (χ4n) is 6.32. The number of hydrogen-bond donors (Lipinski definition) is 1. The summed E-state index contributed by atoms with van der Waals surface area (Å²) in [7, 11) is 1.87. The van der Waals surface area contributed by atoms with Gasteiger partial charge in [-0.1, -0.05) is 36.2 Å². The number of aliphatic carboxylic acids is 1. The van der Waals surface area contributed by atoms with Gasteiger partial charge in [-0.2, -0.15) is 5.10 Å². The fraction of sp³-hybridized carbons (Fsp3) is 0.310. The van der Waals surface area contributed by atoms with Crippen LogP contribution < -0.4 is 4.90 Å². The van der Waals surface area contributed by atoms with Crippen LogP contribution in [-0.2, 0) is 23.2 Å². The molecule has 1 N–H and O–H groups in total. The Morgan fingerprint density at radius 1 is 1.16 bits per heavy atom. The van der Waals surface area contributed by atoms with Crippen LogP contribution in [0.4, 0.5) is 5.69 Å². The van der Waals surface area contributed by atoms with Gasteiger partial charge in [0.05, 0.1) is 35.2 Å². The highest BCUT2D eigenvalue weighted by molar-refractivity contribution is 6.40. The number of amides is 1. The summed E-state index contributed by atoms with van der Waals surface area (Å²) in [5.41, 5.74) is 3.07. The number of carboxylic acid groups (broad SMARTS) is 1.